The van der Waals surface area contributed by atoms with Crippen molar-refractivity contribution in [3.8, 4) is 0 Å². The maximum Gasteiger partial charge on any atom is 0.329 e. The van der Waals surface area contributed by atoms with Crippen molar-refractivity contribution in [2.24, 2.45) is 0 Å². The highest BCUT2D eigenvalue weighted by Gasteiger charge is 2.09. The van der Waals surface area contributed by atoms with Crippen molar-refractivity contribution >= 4 is 23.6 Å². The third-order valence-corrected chi connectivity index (χ3v) is 2.00. The zero-order valence-corrected chi connectivity index (χ0v) is 10.2. The zero-order chi connectivity index (χ0) is 14.3. The molecule has 0 saturated heterocycles. The van der Waals surface area contributed by atoms with Gasteiger partial charge in [-0.2, -0.15) is 0 Å². The Morgan fingerprint density at radius 2 is 2.11 bits per heavy atom. The van der Waals surface area contributed by atoms with Gasteiger partial charge < -0.3 is 15.2 Å². The average molecular weight is 267 g/mol. The standard InChI is InChI=1S/C11H13N3O5/c1-7-2-3-12-4-8(7)13-11(18)14-9(15)5-19-6-10(16)17/h2-4H,5-6H2,1H3,(H,16,17)(H2,13,14,15,18). The molecule has 102 valence electrons. The first kappa shape index (κ1) is 14.6. The number of nitrogens with one attached hydrogen (secondary N) is 2. The fourth-order valence-electron chi connectivity index (χ4n) is 1.14. The van der Waals surface area contributed by atoms with Crippen molar-refractivity contribution < 1.29 is 24.2 Å². The normalized spacial score (nSPS) is 9.74. The van der Waals surface area contributed by atoms with Crippen LogP contribution in [0.4, 0.5) is 10.5 Å². The van der Waals surface area contributed by atoms with Crippen LogP contribution in [0.3, 0.4) is 0 Å². The van der Waals surface area contributed by atoms with E-state index < -0.39 is 31.1 Å². The Kier molecular flexibility index (Phi) is 5.42. The number of hydrogen-bond donors (Lipinski definition) is 3. The van der Waals surface area contributed by atoms with Gasteiger partial charge in [-0.05, 0) is 18.6 Å². The number of anilines is 1. The summed E-state index contributed by atoms with van der Waals surface area (Å²) in [5.41, 5.74) is 1.26. The number of nitrogens with zero attached hydrogens (tertiary/aromatic N) is 1. The fourth-order valence-corrected chi connectivity index (χ4v) is 1.14. The van der Waals surface area contributed by atoms with E-state index in [2.05, 4.69) is 15.0 Å². The van der Waals surface area contributed by atoms with Gasteiger partial charge in [-0.1, -0.05) is 0 Å². The molecule has 8 heteroatoms. The summed E-state index contributed by atoms with van der Waals surface area (Å²) in [6.45, 7) is 0.664. The van der Waals surface area contributed by atoms with E-state index in [4.69, 9.17) is 5.11 Å². The summed E-state index contributed by atoms with van der Waals surface area (Å²) in [5, 5.41) is 12.7. The maximum absolute atomic E-state index is 11.4. The lowest BCUT2D eigenvalue weighted by Gasteiger charge is -2.08. The molecule has 0 aromatic carbocycles. The van der Waals surface area contributed by atoms with Gasteiger partial charge in [-0.3, -0.25) is 15.1 Å². The average Bonchev–Trinajstić information content (AvgIpc) is 2.31. The highest BCUT2D eigenvalue weighted by molar-refractivity contribution is 6.01. The summed E-state index contributed by atoms with van der Waals surface area (Å²) in [5.74, 6) is -1.93. The van der Waals surface area contributed by atoms with Crippen molar-refractivity contribution in [2.75, 3.05) is 18.5 Å². The molecule has 1 heterocycles. The quantitative estimate of drug-likeness (QED) is 0.698. The van der Waals surface area contributed by atoms with Gasteiger partial charge in [0, 0.05) is 6.20 Å². The van der Waals surface area contributed by atoms with E-state index in [-0.39, 0.29) is 0 Å². The van der Waals surface area contributed by atoms with Crippen LogP contribution in [0.2, 0.25) is 0 Å². The number of carbonyl (C=O) groups excluding carboxylic acids is 2. The Morgan fingerprint density at radius 3 is 2.74 bits per heavy atom. The minimum atomic E-state index is -1.19. The number of pyridine rings is 1. The van der Waals surface area contributed by atoms with Crippen LogP contribution in [0.25, 0.3) is 0 Å². The first-order chi connectivity index (χ1) is 8.99. The molecule has 0 aliphatic carbocycles. The monoisotopic (exact) mass is 267 g/mol. The summed E-state index contributed by atoms with van der Waals surface area (Å²) >= 11 is 0. The number of rotatable bonds is 5. The molecule has 0 unspecified atom stereocenters. The van der Waals surface area contributed by atoms with Crippen molar-refractivity contribution in [1.82, 2.24) is 10.3 Å². The number of aliphatic carboxylic acids is 1. The Hall–Kier alpha value is -2.48. The van der Waals surface area contributed by atoms with E-state index in [0.29, 0.717) is 5.69 Å². The van der Waals surface area contributed by atoms with E-state index >= 15 is 0 Å². The molecule has 0 bridgehead atoms. The number of carbonyl (C=O) groups is 3. The zero-order valence-electron chi connectivity index (χ0n) is 10.2. The highest BCUT2D eigenvalue weighted by Crippen LogP contribution is 2.10. The van der Waals surface area contributed by atoms with Crippen LogP contribution in [0.1, 0.15) is 5.56 Å². The molecule has 3 amide bonds. The largest absolute Gasteiger partial charge is 0.480 e. The van der Waals surface area contributed by atoms with Gasteiger partial charge in [0.05, 0.1) is 11.9 Å². The minimum Gasteiger partial charge on any atom is -0.480 e. The van der Waals surface area contributed by atoms with Crippen LogP contribution in [0.5, 0.6) is 0 Å². The number of urea groups is 1. The second-order valence-corrected chi connectivity index (χ2v) is 3.58. The van der Waals surface area contributed by atoms with E-state index in [0.717, 1.165) is 5.56 Å². The van der Waals surface area contributed by atoms with Crippen molar-refractivity contribution in [2.45, 2.75) is 6.92 Å². The Bertz CT molecular complexity index is 489. The second-order valence-electron chi connectivity index (χ2n) is 3.58. The predicted octanol–water partition coefficient (Wildman–Crippen LogP) is 0.139. The molecule has 1 aromatic heterocycles. The molecule has 0 fully saturated rings. The van der Waals surface area contributed by atoms with Gasteiger partial charge in [0.15, 0.2) is 0 Å². The number of hydrogen-bond acceptors (Lipinski definition) is 5. The molecule has 0 aliphatic rings. The molecule has 0 atom stereocenters. The summed E-state index contributed by atoms with van der Waals surface area (Å²) in [6.07, 6.45) is 3.02. The lowest BCUT2D eigenvalue weighted by Crippen LogP contribution is -2.37. The summed E-state index contributed by atoms with van der Waals surface area (Å²) in [6, 6.07) is 0.966. The van der Waals surface area contributed by atoms with Crippen LogP contribution in [0, 0.1) is 6.92 Å². The van der Waals surface area contributed by atoms with E-state index in [1.54, 1.807) is 19.2 Å². The van der Waals surface area contributed by atoms with E-state index in [1.165, 1.54) is 6.20 Å². The Morgan fingerprint density at radius 1 is 1.37 bits per heavy atom. The van der Waals surface area contributed by atoms with Crippen LogP contribution in [-0.2, 0) is 14.3 Å². The molecule has 8 nitrogen and oxygen atoms in total. The van der Waals surface area contributed by atoms with Gasteiger partial charge in [0.25, 0.3) is 5.91 Å². The summed E-state index contributed by atoms with van der Waals surface area (Å²) in [4.78, 5) is 36.6. The second kappa shape index (κ2) is 7.07. The molecule has 1 rings (SSSR count). The van der Waals surface area contributed by atoms with Crippen LogP contribution >= 0.6 is 0 Å². The molecular weight excluding hydrogens is 254 g/mol. The first-order valence-electron chi connectivity index (χ1n) is 5.30. The third kappa shape index (κ3) is 5.59. The molecular formula is C11H13N3O5. The predicted molar refractivity (Wildman–Crippen MR) is 64.6 cm³/mol. The number of imide groups is 1. The number of aromatic nitrogens is 1. The first-order valence-corrected chi connectivity index (χ1v) is 5.30. The van der Waals surface area contributed by atoms with Gasteiger partial charge in [0.2, 0.25) is 0 Å². The topological polar surface area (TPSA) is 118 Å². The lowest BCUT2D eigenvalue weighted by atomic mass is 10.2. The number of carboxylic acid groups (broad SMARTS) is 1. The van der Waals surface area contributed by atoms with Crippen LogP contribution in [-0.4, -0.2) is 41.2 Å². The minimum absolute atomic E-state index is 0.472. The molecule has 0 spiro atoms. The smallest absolute Gasteiger partial charge is 0.329 e. The van der Waals surface area contributed by atoms with Crippen molar-refractivity contribution in [1.29, 1.82) is 0 Å². The van der Waals surface area contributed by atoms with Gasteiger partial charge in [-0.15, -0.1) is 0 Å². The Labute approximate surface area is 108 Å². The molecule has 1 aromatic rings. The molecule has 0 radical (unpaired) electrons. The maximum atomic E-state index is 11.4. The fraction of sp³-hybridized carbons (Fsp3) is 0.273. The molecule has 3 N–H and O–H groups in total. The number of ether oxygens (including phenoxy) is 1. The van der Waals surface area contributed by atoms with Gasteiger partial charge in [0.1, 0.15) is 13.2 Å². The lowest BCUT2D eigenvalue weighted by molar-refractivity contribution is -0.143. The van der Waals surface area contributed by atoms with E-state index in [1.807, 2.05) is 5.32 Å². The van der Waals surface area contributed by atoms with Crippen LogP contribution in [0.15, 0.2) is 18.5 Å². The number of amides is 3. The number of carboxylic acids is 1. The van der Waals surface area contributed by atoms with Gasteiger partial charge in [-0.25, -0.2) is 9.59 Å². The van der Waals surface area contributed by atoms with Crippen molar-refractivity contribution in [3.05, 3.63) is 24.0 Å². The van der Waals surface area contributed by atoms with Crippen LogP contribution < -0.4 is 10.6 Å². The Balaban J connectivity index is 2.37. The number of aryl methyl sites for hydroxylation is 1. The summed E-state index contributed by atoms with van der Waals surface area (Å²) < 4.78 is 4.53. The third-order valence-electron chi connectivity index (χ3n) is 2.00. The molecule has 19 heavy (non-hydrogen) atoms. The highest BCUT2D eigenvalue weighted by atomic mass is 16.5. The summed E-state index contributed by atoms with van der Waals surface area (Å²) in [7, 11) is 0. The van der Waals surface area contributed by atoms with E-state index in [9.17, 15) is 14.4 Å². The SMILES string of the molecule is Cc1ccncc1NC(=O)NC(=O)COCC(=O)O. The van der Waals surface area contributed by atoms with Crippen molar-refractivity contribution in [3.63, 3.8) is 0 Å². The molecule has 0 aliphatic heterocycles. The molecule has 0 saturated carbocycles. The van der Waals surface area contributed by atoms with Gasteiger partial charge >= 0.3 is 12.0 Å².